The fourth-order valence-electron chi connectivity index (χ4n) is 2.26. The molecule has 7 nitrogen and oxygen atoms in total. The van der Waals surface area contributed by atoms with E-state index in [4.69, 9.17) is 12.2 Å². The lowest BCUT2D eigenvalue weighted by atomic mass is 10.2. The molecule has 27 heavy (non-hydrogen) atoms. The Morgan fingerprint density at radius 3 is 2.56 bits per heavy atom. The van der Waals surface area contributed by atoms with Crippen molar-refractivity contribution < 1.29 is 18.9 Å². The molecule has 136 valence electrons. The maximum absolute atomic E-state index is 13.0. The molecule has 0 bridgehead atoms. The van der Waals surface area contributed by atoms with Crippen LogP contribution in [0.4, 0.5) is 10.1 Å². The normalized spacial score (nSPS) is 15.3. The van der Waals surface area contributed by atoms with E-state index < -0.39 is 22.6 Å². The molecule has 0 atom stereocenters. The van der Waals surface area contributed by atoms with Crippen molar-refractivity contribution >= 4 is 51.9 Å². The summed E-state index contributed by atoms with van der Waals surface area (Å²) in [5.41, 5.74) is 2.30. The van der Waals surface area contributed by atoms with E-state index in [0.29, 0.717) is 5.56 Å². The molecule has 2 aromatic rings. The maximum Gasteiger partial charge on any atom is 0.285 e. The molecule has 0 saturated carbocycles. The number of nitrogens with one attached hydrogen (secondary N) is 1. The summed E-state index contributed by atoms with van der Waals surface area (Å²) in [6, 6.07) is 10.9. The summed E-state index contributed by atoms with van der Waals surface area (Å²) in [5.74, 6) is -1.82. The van der Waals surface area contributed by atoms with Crippen LogP contribution in [-0.2, 0) is 4.79 Å². The average molecular weight is 403 g/mol. The molecule has 0 unspecified atom stereocenters. The van der Waals surface area contributed by atoms with E-state index in [0.717, 1.165) is 16.8 Å². The number of para-hydroxylation sites is 1. The summed E-state index contributed by atoms with van der Waals surface area (Å²) in [5, 5.41) is 11.9. The fourth-order valence-corrected chi connectivity index (χ4v) is 3.44. The molecule has 1 aliphatic heterocycles. The van der Waals surface area contributed by atoms with Gasteiger partial charge in [0.2, 0.25) is 0 Å². The number of nitro benzene ring substituents is 1. The number of hydrazine groups is 1. The Balaban J connectivity index is 1.81. The van der Waals surface area contributed by atoms with Crippen molar-refractivity contribution in [2.24, 2.45) is 0 Å². The number of halogens is 1. The summed E-state index contributed by atoms with van der Waals surface area (Å²) < 4.78 is 13.0. The number of benzene rings is 2. The summed E-state index contributed by atoms with van der Waals surface area (Å²) >= 11 is 6.06. The van der Waals surface area contributed by atoms with E-state index in [1.807, 2.05) is 0 Å². The highest BCUT2D eigenvalue weighted by molar-refractivity contribution is 8.26. The Hall–Kier alpha value is -3.11. The zero-order valence-corrected chi connectivity index (χ0v) is 15.1. The topological polar surface area (TPSA) is 92.6 Å². The first-order valence-corrected chi connectivity index (χ1v) is 8.67. The first kappa shape index (κ1) is 18.7. The van der Waals surface area contributed by atoms with Crippen molar-refractivity contribution in [2.75, 3.05) is 0 Å². The molecule has 0 aliphatic carbocycles. The van der Waals surface area contributed by atoms with Gasteiger partial charge in [0.25, 0.3) is 17.5 Å². The number of amides is 2. The third-order valence-corrected chi connectivity index (χ3v) is 4.82. The first-order chi connectivity index (χ1) is 12.9. The number of rotatable bonds is 4. The van der Waals surface area contributed by atoms with Gasteiger partial charge in [-0.1, -0.05) is 36.0 Å². The maximum atomic E-state index is 13.0. The van der Waals surface area contributed by atoms with Crippen molar-refractivity contribution in [2.45, 2.75) is 0 Å². The highest BCUT2D eigenvalue weighted by atomic mass is 32.2. The predicted octanol–water partition coefficient (Wildman–Crippen LogP) is 3.28. The lowest BCUT2D eigenvalue weighted by Gasteiger charge is -2.15. The van der Waals surface area contributed by atoms with Crippen LogP contribution >= 0.6 is 24.0 Å². The van der Waals surface area contributed by atoms with Gasteiger partial charge in [-0.2, -0.15) is 5.01 Å². The van der Waals surface area contributed by atoms with Crippen molar-refractivity contribution in [3.05, 3.63) is 80.5 Å². The number of carbonyl (C=O) groups is 2. The SMILES string of the molecule is O=C(NN1C(=O)C(=Cc2ccc(F)cc2)SC1=S)c1ccccc1[N+](=O)[O-]. The minimum atomic E-state index is -0.832. The number of thiocarbonyl (C=S) groups is 1. The van der Waals surface area contributed by atoms with E-state index in [1.54, 1.807) is 0 Å². The van der Waals surface area contributed by atoms with Gasteiger partial charge in [0, 0.05) is 6.07 Å². The van der Waals surface area contributed by atoms with Crippen LogP contribution in [0.2, 0.25) is 0 Å². The first-order valence-electron chi connectivity index (χ1n) is 7.45. The van der Waals surface area contributed by atoms with Crippen molar-refractivity contribution in [1.82, 2.24) is 10.4 Å². The second-order valence-electron chi connectivity index (χ2n) is 5.28. The van der Waals surface area contributed by atoms with E-state index in [1.165, 1.54) is 54.6 Å². The number of nitro groups is 1. The average Bonchev–Trinajstić information content (AvgIpc) is 2.91. The highest BCUT2D eigenvalue weighted by Gasteiger charge is 2.34. The summed E-state index contributed by atoms with van der Waals surface area (Å²) in [7, 11) is 0. The van der Waals surface area contributed by atoms with Crippen LogP contribution in [-0.4, -0.2) is 26.1 Å². The summed E-state index contributed by atoms with van der Waals surface area (Å²) in [6.07, 6.45) is 1.51. The van der Waals surface area contributed by atoms with E-state index in [-0.39, 0.29) is 20.5 Å². The molecule has 1 fully saturated rings. The zero-order chi connectivity index (χ0) is 19.6. The van der Waals surface area contributed by atoms with Gasteiger partial charge in [0.1, 0.15) is 11.4 Å². The van der Waals surface area contributed by atoms with Crippen LogP contribution in [0.3, 0.4) is 0 Å². The monoisotopic (exact) mass is 403 g/mol. The van der Waals surface area contributed by atoms with Gasteiger partial charge in [0.15, 0.2) is 4.32 Å². The van der Waals surface area contributed by atoms with E-state index in [2.05, 4.69) is 5.43 Å². The van der Waals surface area contributed by atoms with Crippen molar-refractivity contribution in [3.63, 3.8) is 0 Å². The van der Waals surface area contributed by atoms with Crippen molar-refractivity contribution in [1.29, 1.82) is 0 Å². The lowest BCUT2D eigenvalue weighted by molar-refractivity contribution is -0.385. The van der Waals surface area contributed by atoms with Gasteiger partial charge in [0.05, 0.1) is 9.83 Å². The Bertz CT molecular complexity index is 992. The Morgan fingerprint density at radius 2 is 1.89 bits per heavy atom. The van der Waals surface area contributed by atoms with Crippen molar-refractivity contribution in [3.8, 4) is 0 Å². The number of hydrogen-bond donors (Lipinski definition) is 1. The van der Waals surface area contributed by atoms with Gasteiger partial charge in [-0.3, -0.25) is 25.1 Å². The van der Waals surface area contributed by atoms with E-state index >= 15 is 0 Å². The number of nitrogens with zero attached hydrogens (tertiary/aromatic N) is 2. The van der Waals surface area contributed by atoms with Crippen LogP contribution in [0.1, 0.15) is 15.9 Å². The molecule has 0 radical (unpaired) electrons. The fraction of sp³-hybridized carbons (Fsp3) is 0. The smallest absolute Gasteiger partial charge is 0.267 e. The van der Waals surface area contributed by atoms with Crippen LogP contribution in [0, 0.1) is 15.9 Å². The van der Waals surface area contributed by atoms with Gasteiger partial charge < -0.3 is 0 Å². The Morgan fingerprint density at radius 1 is 1.22 bits per heavy atom. The number of carbonyl (C=O) groups excluding carboxylic acids is 2. The van der Waals surface area contributed by atoms with Gasteiger partial charge in [-0.15, -0.1) is 0 Å². The summed E-state index contributed by atoms with van der Waals surface area (Å²) in [6.45, 7) is 0. The van der Waals surface area contributed by atoms with Crippen LogP contribution < -0.4 is 5.43 Å². The highest BCUT2D eigenvalue weighted by Crippen LogP contribution is 2.31. The second-order valence-corrected chi connectivity index (χ2v) is 6.96. The van der Waals surface area contributed by atoms with Gasteiger partial charge in [-0.25, -0.2) is 4.39 Å². The molecule has 1 saturated heterocycles. The molecule has 0 spiro atoms. The molecular formula is C17H10FN3O4S2. The quantitative estimate of drug-likeness (QED) is 0.365. The molecule has 10 heteroatoms. The zero-order valence-electron chi connectivity index (χ0n) is 13.4. The summed E-state index contributed by atoms with van der Waals surface area (Å²) in [4.78, 5) is 35.5. The van der Waals surface area contributed by atoms with Crippen LogP contribution in [0.5, 0.6) is 0 Å². The Kier molecular flexibility index (Phi) is 5.28. The minimum Gasteiger partial charge on any atom is -0.267 e. The molecule has 2 aromatic carbocycles. The van der Waals surface area contributed by atoms with Crippen LogP contribution in [0.25, 0.3) is 6.08 Å². The third-order valence-electron chi connectivity index (χ3n) is 3.52. The van der Waals surface area contributed by atoms with Gasteiger partial charge >= 0.3 is 0 Å². The number of hydrogen-bond acceptors (Lipinski definition) is 6. The Labute approximate surface area is 162 Å². The standard InChI is InChI=1S/C17H10FN3O4S2/c18-11-7-5-10(6-8-11)9-14-16(23)20(17(26)27-14)19-15(22)12-3-1-2-4-13(12)21(24)25/h1-9H,(H,19,22). The van der Waals surface area contributed by atoms with Gasteiger partial charge in [-0.05, 0) is 42.1 Å². The minimum absolute atomic E-state index is 0.0697. The van der Waals surface area contributed by atoms with E-state index in [9.17, 15) is 24.1 Å². The number of thioether (sulfide) groups is 1. The largest absolute Gasteiger partial charge is 0.285 e. The molecule has 1 aliphatic rings. The third kappa shape index (κ3) is 4.01. The lowest BCUT2D eigenvalue weighted by Crippen LogP contribution is -2.45. The molecule has 1 N–H and O–H groups in total. The molecule has 2 amide bonds. The molecule has 0 aromatic heterocycles. The second kappa shape index (κ2) is 7.64. The molecular weight excluding hydrogens is 393 g/mol. The molecule has 1 heterocycles. The molecule has 3 rings (SSSR count). The van der Waals surface area contributed by atoms with Crippen LogP contribution in [0.15, 0.2) is 53.4 Å². The predicted molar refractivity (Wildman–Crippen MR) is 102 cm³/mol.